The first kappa shape index (κ1) is 13.1. The van der Waals surface area contributed by atoms with Crippen LogP contribution in [0.2, 0.25) is 0 Å². The monoisotopic (exact) mass is 199 g/mol. The lowest BCUT2D eigenvalue weighted by molar-refractivity contribution is -0.125. The van der Waals surface area contributed by atoms with E-state index in [1.165, 1.54) is 0 Å². The zero-order valence-corrected chi connectivity index (χ0v) is 9.54. The third kappa shape index (κ3) is 5.00. The normalized spacial score (nSPS) is 14.9. The van der Waals surface area contributed by atoms with E-state index in [4.69, 9.17) is 0 Å². The molecule has 0 aliphatic heterocycles. The highest BCUT2D eigenvalue weighted by atomic mass is 16.2. The summed E-state index contributed by atoms with van der Waals surface area (Å²) in [6.45, 7) is 7.95. The van der Waals surface area contributed by atoms with E-state index >= 15 is 0 Å². The highest BCUT2D eigenvalue weighted by Gasteiger charge is 2.17. The van der Waals surface area contributed by atoms with Crippen LogP contribution in [0.4, 0.5) is 0 Å². The smallest absolute Gasteiger partial charge is 0.220 e. The van der Waals surface area contributed by atoms with Gasteiger partial charge < -0.3 is 10.1 Å². The van der Waals surface area contributed by atoms with E-state index in [1.54, 1.807) is 0 Å². The summed E-state index contributed by atoms with van der Waals surface area (Å²) in [5.41, 5.74) is 0. The summed E-state index contributed by atoms with van der Waals surface area (Å²) in [7, 11) is 0. The minimum atomic E-state index is -0.328. The third-order valence-electron chi connectivity index (χ3n) is 2.32. The molecule has 0 aromatic heterocycles. The summed E-state index contributed by atoms with van der Waals surface area (Å²) in [6.07, 6.45) is 2.21. The number of hydrogen-bond donors (Lipinski definition) is 1. The van der Waals surface area contributed by atoms with Crippen molar-refractivity contribution < 1.29 is 9.59 Å². The van der Waals surface area contributed by atoms with Gasteiger partial charge in [-0.1, -0.05) is 34.1 Å². The van der Waals surface area contributed by atoms with Crippen molar-refractivity contribution in [2.24, 2.45) is 11.8 Å². The fraction of sp³-hybridized carbons (Fsp3) is 0.818. The van der Waals surface area contributed by atoms with Crippen LogP contribution in [0, 0.1) is 11.8 Å². The lowest BCUT2D eigenvalue weighted by atomic mass is 10.00. The molecule has 0 aliphatic rings. The van der Waals surface area contributed by atoms with Crippen LogP contribution in [-0.4, -0.2) is 18.2 Å². The van der Waals surface area contributed by atoms with E-state index in [9.17, 15) is 9.59 Å². The van der Waals surface area contributed by atoms with Crippen molar-refractivity contribution >= 4 is 12.2 Å². The molecule has 0 aliphatic carbocycles. The highest BCUT2D eigenvalue weighted by molar-refractivity contribution is 5.79. The van der Waals surface area contributed by atoms with Crippen molar-refractivity contribution in [1.29, 1.82) is 0 Å². The summed E-state index contributed by atoms with van der Waals surface area (Å²) < 4.78 is 0. The van der Waals surface area contributed by atoms with Crippen LogP contribution in [0.1, 0.15) is 40.5 Å². The molecule has 1 N–H and O–H groups in total. The standard InChI is InChI=1S/C11H21NO2/c1-5-9(4)10(7-13)12-11(14)6-8(2)3/h7-10H,5-6H2,1-4H3,(H,12,14). The topological polar surface area (TPSA) is 46.2 Å². The second-order valence-electron chi connectivity index (χ2n) is 4.21. The lowest BCUT2D eigenvalue weighted by Gasteiger charge is -2.19. The molecule has 0 rings (SSSR count). The fourth-order valence-electron chi connectivity index (χ4n) is 1.18. The molecule has 2 unspecified atom stereocenters. The Kier molecular flexibility index (Phi) is 6.17. The first-order chi connectivity index (χ1) is 6.51. The molecule has 14 heavy (non-hydrogen) atoms. The predicted octanol–water partition coefficient (Wildman–Crippen LogP) is 1.76. The number of rotatable bonds is 6. The number of amides is 1. The second kappa shape index (κ2) is 6.57. The average molecular weight is 199 g/mol. The Morgan fingerprint density at radius 2 is 1.93 bits per heavy atom. The Balaban J connectivity index is 4.05. The van der Waals surface area contributed by atoms with E-state index in [2.05, 4.69) is 5.32 Å². The Hall–Kier alpha value is -0.860. The van der Waals surface area contributed by atoms with Crippen molar-refractivity contribution in [3.05, 3.63) is 0 Å². The molecule has 3 heteroatoms. The van der Waals surface area contributed by atoms with Gasteiger partial charge in [-0.25, -0.2) is 0 Å². The van der Waals surface area contributed by atoms with E-state index in [-0.39, 0.29) is 17.9 Å². The van der Waals surface area contributed by atoms with Crippen LogP contribution >= 0.6 is 0 Å². The van der Waals surface area contributed by atoms with E-state index in [0.717, 1.165) is 12.7 Å². The van der Waals surface area contributed by atoms with Crippen LogP contribution < -0.4 is 5.32 Å². The summed E-state index contributed by atoms with van der Waals surface area (Å²) in [4.78, 5) is 22.1. The largest absolute Gasteiger partial charge is 0.346 e. The quantitative estimate of drug-likeness (QED) is 0.663. The molecule has 0 heterocycles. The van der Waals surface area contributed by atoms with Gasteiger partial charge in [0, 0.05) is 6.42 Å². The van der Waals surface area contributed by atoms with Gasteiger partial charge in [-0.2, -0.15) is 0 Å². The van der Waals surface area contributed by atoms with Crippen LogP contribution in [0.3, 0.4) is 0 Å². The van der Waals surface area contributed by atoms with Crippen molar-refractivity contribution in [3.8, 4) is 0 Å². The summed E-state index contributed by atoms with van der Waals surface area (Å²) in [6, 6.07) is -0.328. The molecule has 82 valence electrons. The van der Waals surface area contributed by atoms with Crippen molar-refractivity contribution in [1.82, 2.24) is 5.32 Å². The maximum Gasteiger partial charge on any atom is 0.220 e. The van der Waals surface area contributed by atoms with Crippen molar-refractivity contribution in [3.63, 3.8) is 0 Å². The van der Waals surface area contributed by atoms with Crippen LogP contribution in [0.5, 0.6) is 0 Å². The molecule has 3 nitrogen and oxygen atoms in total. The maximum atomic E-state index is 11.4. The van der Waals surface area contributed by atoms with Crippen LogP contribution in [-0.2, 0) is 9.59 Å². The van der Waals surface area contributed by atoms with Gasteiger partial charge in [-0.3, -0.25) is 4.79 Å². The van der Waals surface area contributed by atoms with Gasteiger partial charge in [0.2, 0.25) is 5.91 Å². The molecule has 0 saturated heterocycles. The Morgan fingerprint density at radius 1 is 1.36 bits per heavy atom. The number of carbonyl (C=O) groups is 2. The molecule has 1 amide bonds. The molecule has 0 radical (unpaired) electrons. The molecule has 0 aromatic rings. The number of aldehydes is 1. The summed E-state index contributed by atoms with van der Waals surface area (Å²) >= 11 is 0. The minimum absolute atomic E-state index is 0.0302. The maximum absolute atomic E-state index is 11.4. The first-order valence-electron chi connectivity index (χ1n) is 5.25. The number of nitrogens with one attached hydrogen (secondary N) is 1. The SMILES string of the molecule is CCC(C)C(C=O)NC(=O)CC(C)C. The van der Waals surface area contributed by atoms with Gasteiger partial charge in [-0.15, -0.1) is 0 Å². The molecule has 0 fully saturated rings. The van der Waals surface area contributed by atoms with Gasteiger partial charge >= 0.3 is 0 Å². The molecule has 2 atom stereocenters. The summed E-state index contributed by atoms with van der Waals surface area (Å²) in [5, 5.41) is 2.74. The van der Waals surface area contributed by atoms with E-state index in [0.29, 0.717) is 12.3 Å². The van der Waals surface area contributed by atoms with Gasteiger partial charge in [0.15, 0.2) is 0 Å². The Morgan fingerprint density at radius 3 is 2.29 bits per heavy atom. The molecular formula is C11H21NO2. The Bertz CT molecular complexity index is 190. The fourth-order valence-corrected chi connectivity index (χ4v) is 1.18. The first-order valence-corrected chi connectivity index (χ1v) is 5.25. The van der Waals surface area contributed by atoms with Gasteiger partial charge in [0.25, 0.3) is 0 Å². The average Bonchev–Trinajstić information content (AvgIpc) is 2.11. The lowest BCUT2D eigenvalue weighted by Crippen LogP contribution is -2.40. The third-order valence-corrected chi connectivity index (χ3v) is 2.32. The van der Waals surface area contributed by atoms with Gasteiger partial charge in [0.1, 0.15) is 6.29 Å². The molecular weight excluding hydrogens is 178 g/mol. The zero-order chi connectivity index (χ0) is 11.1. The number of carbonyl (C=O) groups excluding carboxylic acids is 2. The van der Waals surface area contributed by atoms with Crippen molar-refractivity contribution in [2.75, 3.05) is 0 Å². The van der Waals surface area contributed by atoms with Crippen LogP contribution in [0.25, 0.3) is 0 Å². The molecule has 0 bridgehead atoms. The van der Waals surface area contributed by atoms with Gasteiger partial charge in [-0.05, 0) is 11.8 Å². The molecule has 0 saturated carbocycles. The highest BCUT2D eigenvalue weighted by Crippen LogP contribution is 2.06. The number of hydrogen-bond acceptors (Lipinski definition) is 2. The second-order valence-corrected chi connectivity index (χ2v) is 4.21. The predicted molar refractivity (Wildman–Crippen MR) is 56.9 cm³/mol. The zero-order valence-electron chi connectivity index (χ0n) is 9.54. The Labute approximate surface area is 86.3 Å². The van der Waals surface area contributed by atoms with E-state index < -0.39 is 0 Å². The minimum Gasteiger partial charge on any atom is -0.346 e. The molecule has 0 spiro atoms. The van der Waals surface area contributed by atoms with Gasteiger partial charge in [0.05, 0.1) is 6.04 Å². The summed E-state index contributed by atoms with van der Waals surface area (Å²) in [5.74, 6) is 0.514. The van der Waals surface area contributed by atoms with E-state index in [1.807, 2.05) is 27.7 Å². The van der Waals surface area contributed by atoms with Crippen LogP contribution in [0.15, 0.2) is 0 Å². The molecule has 0 aromatic carbocycles. The van der Waals surface area contributed by atoms with Crippen molar-refractivity contribution in [2.45, 2.75) is 46.6 Å².